The number of hydrogen-bond acceptors (Lipinski definition) is 3. The SMILES string of the molecule is C=CC1=NC(C=C)=C(O)[C@H](C)N1C. The molecule has 3 nitrogen and oxygen atoms in total. The van der Waals surface area contributed by atoms with E-state index < -0.39 is 0 Å². The minimum atomic E-state index is -0.0708. The highest BCUT2D eigenvalue weighted by Crippen LogP contribution is 2.19. The molecule has 0 aromatic rings. The molecule has 1 N–H and O–H groups in total. The third-order valence-corrected chi connectivity index (χ3v) is 2.21. The molecule has 1 aliphatic heterocycles. The van der Waals surface area contributed by atoms with Crippen LogP contribution in [0.25, 0.3) is 0 Å². The van der Waals surface area contributed by atoms with Crippen LogP contribution in [-0.2, 0) is 0 Å². The number of aliphatic hydroxyl groups is 1. The molecule has 70 valence electrons. The first-order valence-corrected chi connectivity index (χ1v) is 4.11. The van der Waals surface area contributed by atoms with E-state index in [-0.39, 0.29) is 11.8 Å². The van der Waals surface area contributed by atoms with Crippen molar-refractivity contribution in [3.05, 3.63) is 36.8 Å². The molecule has 0 unspecified atom stereocenters. The summed E-state index contributed by atoms with van der Waals surface area (Å²) in [6.45, 7) is 9.14. The van der Waals surface area contributed by atoms with Gasteiger partial charge in [0, 0.05) is 7.05 Å². The van der Waals surface area contributed by atoms with E-state index in [4.69, 9.17) is 0 Å². The standard InChI is InChI=1S/C10H14N2O/c1-5-8-10(13)7(3)12(4)9(6-2)11-8/h5-7,13H,1-2H2,3-4H3/t7-/m0/s1. The van der Waals surface area contributed by atoms with Crippen molar-refractivity contribution in [1.29, 1.82) is 0 Å². The lowest BCUT2D eigenvalue weighted by Gasteiger charge is -2.30. The van der Waals surface area contributed by atoms with Gasteiger partial charge in [0.2, 0.25) is 0 Å². The molecule has 1 aliphatic rings. The van der Waals surface area contributed by atoms with Crippen molar-refractivity contribution in [1.82, 2.24) is 4.90 Å². The van der Waals surface area contributed by atoms with Crippen molar-refractivity contribution in [3.8, 4) is 0 Å². The molecule has 0 saturated heterocycles. The minimum Gasteiger partial charge on any atom is -0.508 e. The highest BCUT2D eigenvalue weighted by Gasteiger charge is 2.22. The summed E-state index contributed by atoms with van der Waals surface area (Å²) in [5.41, 5.74) is 0.528. The summed E-state index contributed by atoms with van der Waals surface area (Å²) in [6.07, 6.45) is 3.20. The first-order valence-electron chi connectivity index (χ1n) is 4.11. The first kappa shape index (κ1) is 9.58. The van der Waals surface area contributed by atoms with Crippen LogP contribution in [0.4, 0.5) is 0 Å². The predicted octanol–water partition coefficient (Wildman–Crippen LogP) is 1.86. The number of hydrogen-bond donors (Lipinski definition) is 1. The Morgan fingerprint density at radius 1 is 1.46 bits per heavy atom. The third kappa shape index (κ3) is 1.49. The zero-order chi connectivity index (χ0) is 10.0. The number of likely N-dealkylation sites (N-methyl/N-ethyl adjacent to an activating group) is 1. The van der Waals surface area contributed by atoms with Gasteiger partial charge in [-0.25, -0.2) is 4.99 Å². The van der Waals surface area contributed by atoms with Crippen molar-refractivity contribution in [2.45, 2.75) is 13.0 Å². The van der Waals surface area contributed by atoms with Gasteiger partial charge in [0.25, 0.3) is 0 Å². The smallest absolute Gasteiger partial charge is 0.140 e. The van der Waals surface area contributed by atoms with Gasteiger partial charge in [-0.3, -0.25) is 0 Å². The summed E-state index contributed by atoms with van der Waals surface area (Å²) in [5.74, 6) is 1.00. The Balaban J connectivity index is 3.16. The Bertz CT molecular complexity index is 302. The molecule has 0 bridgehead atoms. The van der Waals surface area contributed by atoms with Gasteiger partial charge in [0.1, 0.15) is 17.3 Å². The number of aliphatic hydroxyl groups excluding tert-OH is 1. The predicted molar refractivity (Wildman–Crippen MR) is 54.7 cm³/mol. The Morgan fingerprint density at radius 2 is 2.08 bits per heavy atom. The molecule has 0 radical (unpaired) electrons. The number of amidine groups is 1. The summed E-state index contributed by atoms with van der Waals surface area (Å²) < 4.78 is 0. The van der Waals surface area contributed by atoms with E-state index in [1.807, 2.05) is 18.9 Å². The van der Waals surface area contributed by atoms with E-state index in [1.54, 1.807) is 12.2 Å². The molecule has 1 atom stereocenters. The van der Waals surface area contributed by atoms with E-state index in [9.17, 15) is 5.11 Å². The molecule has 1 heterocycles. The molecule has 0 aliphatic carbocycles. The maximum absolute atomic E-state index is 9.65. The van der Waals surface area contributed by atoms with E-state index in [2.05, 4.69) is 18.2 Å². The topological polar surface area (TPSA) is 35.8 Å². The van der Waals surface area contributed by atoms with Crippen LogP contribution in [0.2, 0.25) is 0 Å². The summed E-state index contributed by atoms with van der Waals surface area (Å²) in [7, 11) is 1.86. The molecule has 0 saturated carbocycles. The minimum absolute atomic E-state index is 0.0708. The summed E-state index contributed by atoms with van der Waals surface area (Å²) in [6, 6.07) is -0.0708. The second-order valence-corrected chi connectivity index (χ2v) is 2.94. The molecule has 0 spiro atoms. The van der Waals surface area contributed by atoms with Gasteiger partial charge in [-0.15, -0.1) is 0 Å². The lowest BCUT2D eigenvalue weighted by molar-refractivity contribution is 0.284. The van der Waals surface area contributed by atoms with Crippen molar-refractivity contribution in [2.75, 3.05) is 7.05 Å². The molecule has 0 aromatic heterocycles. The lowest BCUT2D eigenvalue weighted by Crippen LogP contribution is -2.38. The second kappa shape index (κ2) is 3.47. The van der Waals surface area contributed by atoms with Crippen LogP contribution < -0.4 is 0 Å². The fourth-order valence-corrected chi connectivity index (χ4v) is 1.20. The van der Waals surface area contributed by atoms with Gasteiger partial charge in [0.05, 0.1) is 6.04 Å². The van der Waals surface area contributed by atoms with E-state index in [1.165, 1.54) is 0 Å². The van der Waals surface area contributed by atoms with E-state index in [0.717, 1.165) is 5.84 Å². The first-order chi connectivity index (χ1) is 6.11. The molecule has 0 fully saturated rings. The summed E-state index contributed by atoms with van der Waals surface area (Å²) >= 11 is 0. The Kier molecular flexibility index (Phi) is 2.56. The van der Waals surface area contributed by atoms with Crippen molar-refractivity contribution < 1.29 is 5.11 Å². The van der Waals surface area contributed by atoms with E-state index >= 15 is 0 Å². The quantitative estimate of drug-likeness (QED) is 0.700. The lowest BCUT2D eigenvalue weighted by atomic mass is 10.1. The zero-order valence-electron chi connectivity index (χ0n) is 7.99. The monoisotopic (exact) mass is 178 g/mol. The number of aliphatic imine (C=N–C) groups is 1. The van der Waals surface area contributed by atoms with Crippen LogP contribution in [0.5, 0.6) is 0 Å². The largest absolute Gasteiger partial charge is 0.508 e. The van der Waals surface area contributed by atoms with E-state index in [0.29, 0.717) is 5.70 Å². The van der Waals surface area contributed by atoms with Crippen LogP contribution in [-0.4, -0.2) is 28.9 Å². The van der Waals surface area contributed by atoms with Gasteiger partial charge in [-0.2, -0.15) is 0 Å². The van der Waals surface area contributed by atoms with Gasteiger partial charge >= 0.3 is 0 Å². The Labute approximate surface area is 78.4 Å². The van der Waals surface area contributed by atoms with Gasteiger partial charge in [0.15, 0.2) is 0 Å². The average molecular weight is 178 g/mol. The van der Waals surface area contributed by atoms with Crippen LogP contribution in [0.15, 0.2) is 41.8 Å². The van der Waals surface area contributed by atoms with Crippen molar-refractivity contribution in [3.63, 3.8) is 0 Å². The zero-order valence-corrected chi connectivity index (χ0v) is 7.99. The fraction of sp³-hybridized carbons (Fsp3) is 0.300. The van der Waals surface area contributed by atoms with Gasteiger partial charge in [-0.05, 0) is 19.1 Å². The molecule has 13 heavy (non-hydrogen) atoms. The van der Waals surface area contributed by atoms with Crippen LogP contribution in [0, 0.1) is 0 Å². The van der Waals surface area contributed by atoms with Gasteiger partial charge < -0.3 is 10.0 Å². The van der Waals surface area contributed by atoms with Gasteiger partial charge in [-0.1, -0.05) is 13.2 Å². The molecular formula is C10H14N2O. The normalized spacial score (nSPS) is 22.8. The fourth-order valence-electron chi connectivity index (χ4n) is 1.20. The average Bonchev–Trinajstić information content (AvgIpc) is 2.15. The Morgan fingerprint density at radius 3 is 2.54 bits per heavy atom. The number of nitrogens with zero attached hydrogens (tertiary/aromatic N) is 2. The number of allylic oxidation sites excluding steroid dienone is 1. The highest BCUT2D eigenvalue weighted by atomic mass is 16.3. The highest BCUT2D eigenvalue weighted by molar-refractivity contribution is 5.94. The number of rotatable bonds is 2. The van der Waals surface area contributed by atoms with Crippen LogP contribution in [0.3, 0.4) is 0 Å². The molecule has 0 amide bonds. The molecule has 0 aromatic carbocycles. The van der Waals surface area contributed by atoms with Crippen molar-refractivity contribution in [2.24, 2.45) is 4.99 Å². The van der Waals surface area contributed by atoms with Crippen LogP contribution in [0.1, 0.15) is 6.92 Å². The molecule has 1 rings (SSSR count). The third-order valence-electron chi connectivity index (χ3n) is 2.21. The summed E-state index contributed by atoms with van der Waals surface area (Å²) in [4.78, 5) is 6.02. The van der Waals surface area contributed by atoms with Crippen LogP contribution >= 0.6 is 0 Å². The maximum Gasteiger partial charge on any atom is 0.140 e. The summed E-state index contributed by atoms with van der Waals surface area (Å²) in [5, 5.41) is 9.65. The molecule has 3 heteroatoms. The molecular weight excluding hydrogens is 164 g/mol. The second-order valence-electron chi connectivity index (χ2n) is 2.94. The Hall–Kier alpha value is -1.51. The maximum atomic E-state index is 9.65. The van der Waals surface area contributed by atoms with Crippen molar-refractivity contribution >= 4 is 5.84 Å².